The summed E-state index contributed by atoms with van der Waals surface area (Å²) in [6, 6.07) is 16.8. The fraction of sp³-hybridized carbons (Fsp3) is 0.346. The lowest BCUT2D eigenvalue weighted by molar-refractivity contribution is -0.122. The molecule has 1 aliphatic heterocycles. The van der Waals surface area contributed by atoms with Gasteiger partial charge in [0.05, 0.1) is 12.1 Å². The van der Waals surface area contributed by atoms with Gasteiger partial charge in [0.25, 0.3) is 0 Å². The van der Waals surface area contributed by atoms with E-state index in [2.05, 4.69) is 63.5 Å². The van der Waals surface area contributed by atoms with Crippen LogP contribution in [0.5, 0.6) is 0 Å². The number of pyridine rings is 1. The average Bonchev–Trinajstić information content (AvgIpc) is 3.52. The summed E-state index contributed by atoms with van der Waals surface area (Å²) in [5.74, 6) is -0.0614. The van der Waals surface area contributed by atoms with Crippen molar-refractivity contribution in [3.8, 4) is 0 Å². The van der Waals surface area contributed by atoms with E-state index in [4.69, 9.17) is 0 Å². The molecule has 1 aromatic heterocycles. The maximum absolute atomic E-state index is 12.7. The first-order chi connectivity index (χ1) is 15.5. The van der Waals surface area contributed by atoms with E-state index in [0.29, 0.717) is 0 Å². The Labute approximate surface area is 188 Å². The maximum atomic E-state index is 12.7. The molecule has 5 rings (SSSR count). The second kappa shape index (κ2) is 8.36. The molecule has 2 unspecified atom stereocenters. The molecular formula is C26H29N5O. The number of anilines is 1. The number of fused-ring (bicyclic) bond motifs is 1. The van der Waals surface area contributed by atoms with Crippen molar-refractivity contribution in [3.05, 3.63) is 72.1 Å². The molecule has 2 aliphatic rings. The van der Waals surface area contributed by atoms with E-state index in [-0.39, 0.29) is 17.2 Å². The number of carbonyl (C=O) groups excluding carboxylic acids is 1. The topological polar surface area (TPSA) is 60.8 Å². The lowest BCUT2D eigenvalue weighted by Crippen LogP contribution is -2.44. The Hall–Kier alpha value is -3.25. The molecule has 6 nitrogen and oxygen atoms in total. The van der Waals surface area contributed by atoms with Gasteiger partial charge in [0.2, 0.25) is 5.91 Å². The van der Waals surface area contributed by atoms with Crippen LogP contribution in [0.2, 0.25) is 0 Å². The van der Waals surface area contributed by atoms with E-state index >= 15 is 0 Å². The highest BCUT2D eigenvalue weighted by Gasteiger charge is 2.55. The van der Waals surface area contributed by atoms with Crippen LogP contribution in [0.1, 0.15) is 24.5 Å². The van der Waals surface area contributed by atoms with Crippen LogP contribution < -0.4 is 10.3 Å². The molecule has 2 aromatic carbocycles. The van der Waals surface area contributed by atoms with Crippen LogP contribution in [0.15, 0.2) is 66.0 Å². The van der Waals surface area contributed by atoms with E-state index in [1.54, 1.807) is 12.4 Å². The number of carbonyl (C=O) groups is 1. The fourth-order valence-electron chi connectivity index (χ4n) is 4.61. The number of hydrazone groups is 1. The van der Waals surface area contributed by atoms with Gasteiger partial charge in [-0.05, 0) is 54.2 Å². The van der Waals surface area contributed by atoms with Crippen molar-refractivity contribution >= 4 is 28.6 Å². The average molecular weight is 428 g/mol. The van der Waals surface area contributed by atoms with E-state index in [9.17, 15) is 4.79 Å². The molecule has 0 radical (unpaired) electrons. The predicted molar refractivity (Wildman–Crippen MR) is 129 cm³/mol. The summed E-state index contributed by atoms with van der Waals surface area (Å²) in [5, 5.41) is 6.39. The highest BCUT2D eigenvalue weighted by atomic mass is 16.2. The van der Waals surface area contributed by atoms with Gasteiger partial charge in [-0.2, -0.15) is 5.10 Å². The van der Waals surface area contributed by atoms with Gasteiger partial charge >= 0.3 is 0 Å². The number of nitrogens with zero attached hydrogens (tertiary/aromatic N) is 4. The van der Waals surface area contributed by atoms with Crippen LogP contribution in [0.3, 0.4) is 0 Å². The van der Waals surface area contributed by atoms with E-state index in [0.717, 1.165) is 48.9 Å². The van der Waals surface area contributed by atoms with Crippen molar-refractivity contribution in [2.24, 2.45) is 11.0 Å². The summed E-state index contributed by atoms with van der Waals surface area (Å²) in [6.45, 7) is 6.48. The summed E-state index contributed by atoms with van der Waals surface area (Å²) in [4.78, 5) is 21.6. The lowest BCUT2D eigenvalue weighted by Gasteiger charge is -2.34. The molecule has 1 aliphatic carbocycles. The van der Waals surface area contributed by atoms with Gasteiger partial charge in [-0.25, -0.2) is 5.43 Å². The minimum atomic E-state index is -0.115. The molecule has 1 N–H and O–H groups in total. The molecule has 2 fully saturated rings. The standard InChI is InChI=1S/C26H29N5O/c1-26(22-5-7-23(8-6-22)31-13-11-30(2)12-14-31)16-24(26)25(32)29-28-17-19-3-4-21-18-27-10-9-20(21)15-19/h3-10,15,17-18,24H,11-14,16H2,1-2H3,(H,29,32)/b28-17+. The third-order valence-electron chi connectivity index (χ3n) is 7.00. The van der Waals surface area contributed by atoms with Gasteiger partial charge in [-0.1, -0.05) is 31.2 Å². The molecular weight excluding hydrogens is 398 g/mol. The molecule has 3 aromatic rings. The van der Waals surface area contributed by atoms with Crippen molar-refractivity contribution < 1.29 is 4.79 Å². The SMILES string of the molecule is CN1CCN(c2ccc(C3(C)CC3C(=O)N/N=C/c3ccc4cnccc4c3)cc2)CC1. The zero-order valence-electron chi connectivity index (χ0n) is 18.7. The molecule has 0 spiro atoms. The van der Waals surface area contributed by atoms with Crippen molar-refractivity contribution in [2.75, 3.05) is 38.1 Å². The Kier molecular flexibility index (Phi) is 5.39. The molecule has 1 saturated carbocycles. The fourth-order valence-corrected chi connectivity index (χ4v) is 4.61. The van der Waals surface area contributed by atoms with E-state index in [1.165, 1.54) is 11.3 Å². The van der Waals surface area contributed by atoms with Crippen LogP contribution in [0.4, 0.5) is 5.69 Å². The Morgan fingerprint density at radius 3 is 2.66 bits per heavy atom. The van der Waals surface area contributed by atoms with Crippen molar-refractivity contribution in [1.29, 1.82) is 0 Å². The zero-order chi connectivity index (χ0) is 22.1. The summed E-state index contributed by atoms with van der Waals surface area (Å²) < 4.78 is 0. The Morgan fingerprint density at radius 1 is 1.09 bits per heavy atom. The number of likely N-dealkylation sites (N-methyl/N-ethyl adjacent to an activating group) is 1. The number of benzene rings is 2. The van der Waals surface area contributed by atoms with Crippen LogP contribution in [-0.2, 0) is 10.2 Å². The number of amides is 1. The van der Waals surface area contributed by atoms with Gasteiger partial charge < -0.3 is 9.80 Å². The smallest absolute Gasteiger partial charge is 0.244 e. The number of nitrogens with one attached hydrogen (secondary N) is 1. The lowest BCUT2D eigenvalue weighted by atomic mass is 9.95. The number of piperazine rings is 1. The first kappa shape index (κ1) is 20.6. The first-order valence-corrected chi connectivity index (χ1v) is 11.2. The minimum Gasteiger partial charge on any atom is -0.369 e. The molecule has 164 valence electrons. The van der Waals surface area contributed by atoms with Gasteiger partial charge in [0.1, 0.15) is 0 Å². The monoisotopic (exact) mass is 427 g/mol. The number of rotatable bonds is 5. The van der Waals surface area contributed by atoms with Crippen LogP contribution in [-0.4, -0.2) is 55.2 Å². The zero-order valence-corrected chi connectivity index (χ0v) is 18.7. The van der Waals surface area contributed by atoms with Gasteiger partial charge in [-0.15, -0.1) is 0 Å². The summed E-state index contributed by atoms with van der Waals surface area (Å²) >= 11 is 0. The van der Waals surface area contributed by atoms with Gasteiger partial charge in [0, 0.05) is 55.1 Å². The maximum Gasteiger partial charge on any atom is 0.244 e. The molecule has 1 saturated heterocycles. The highest BCUT2D eigenvalue weighted by molar-refractivity contribution is 5.91. The van der Waals surface area contributed by atoms with Crippen molar-refractivity contribution in [1.82, 2.24) is 15.3 Å². The Morgan fingerprint density at radius 2 is 1.88 bits per heavy atom. The molecule has 0 bridgehead atoms. The van der Waals surface area contributed by atoms with Gasteiger partial charge in [-0.3, -0.25) is 9.78 Å². The molecule has 1 amide bonds. The van der Waals surface area contributed by atoms with Crippen LogP contribution in [0.25, 0.3) is 10.8 Å². The van der Waals surface area contributed by atoms with Crippen molar-refractivity contribution in [3.63, 3.8) is 0 Å². The molecule has 32 heavy (non-hydrogen) atoms. The number of hydrogen-bond acceptors (Lipinski definition) is 5. The Bertz CT molecular complexity index is 1150. The van der Waals surface area contributed by atoms with E-state index in [1.807, 2.05) is 30.5 Å². The highest BCUT2D eigenvalue weighted by Crippen LogP contribution is 2.54. The first-order valence-electron chi connectivity index (χ1n) is 11.2. The normalized spacial score (nSPS) is 23.6. The second-order valence-corrected chi connectivity index (χ2v) is 9.23. The number of hydrogen-bond donors (Lipinski definition) is 1. The third kappa shape index (κ3) is 4.10. The van der Waals surface area contributed by atoms with Crippen molar-refractivity contribution in [2.45, 2.75) is 18.8 Å². The summed E-state index contributed by atoms with van der Waals surface area (Å²) in [7, 11) is 2.17. The molecule has 6 heteroatoms. The van der Waals surface area contributed by atoms with Crippen LogP contribution >= 0.6 is 0 Å². The Balaban J connectivity index is 1.19. The van der Waals surface area contributed by atoms with Crippen LogP contribution in [0, 0.1) is 5.92 Å². The van der Waals surface area contributed by atoms with E-state index < -0.39 is 0 Å². The number of aromatic nitrogens is 1. The quantitative estimate of drug-likeness (QED) is 0.501. The third-order valence-corrected chi connectivity index (χ3v) is 7.00. The largest absolute Gasteiger partial charge is 0.369 e. The summed E-state index contributed by atoms with van der Waals surface area (Å²) in [6.07, 6.45) is 6.16. The molecule has 2 atom stereocenters. The minimum absolute atomic E-state index is 0.0168. The molecule has 2 heterocycles. The second-order valence-electron chi connectivity index (χ2n) is 9.23. The predicted octanol–water partition coefficient (Wildman–Crippen LogP) is 3.41. The van der Waals surface area contributed by atoms with Gasteiger partial charge in [0.15, 0.2) is 0 Å². The summed E-state index contributed by atoms with van der Waals surface area (Å²) in [5.41, 5.74) is 6.06.